The molecule has 3 aromatic rings. The van der Waals surface area contributed by atoms with Gasteiger partial charge in [-0.25, -0.2) is 4.98 Å². The van der Waals surface area contributed by atoms with Crippen LogP contribution in [-0.4, -0.2) is 35.2 Å². The van der Waals surface area contributed by atoms with Crippen LogP contribution in [0.2, 0.25) is 0 Å². The lowest BCUT2D eigenvalue weighted by atomic mass is 9.97. The summed E-state index contributed by atoms with van der Waals surface area (Å²) in [5.74, 6) is 1.72. The summed E-state index contributed by atoms with van der Waals surface area (Å²) in [5.41, 5.74) is 2.60. The van der Waals surface area contributed by atoms with Crippen molar-refractivity contribution in [3.8, 4) is 5.75 Å². The van der Waals surface area contributed by atoms with Gasteiger partial charge in [-0.15, -0.1) is 11.3 Å². The molecule has 0 fully saturated rings. The molecule has 6 heteroatoms. The van der Waals surface area contributed by atoms with Gasteiger partial charge < -0.3 is 9.64 Å². The normalized spacial score (nSPS) is 13.8. The molecule has 2 aromatic heterocycles. The third kappa shape index (κ3) is 4.38. The lowest BCUT2D eigenvalue weighted by molar-refractivity contribution is 0.297. The van der Waals surface area contributed by atoms with Crippen LogP contribution in [0.25, 0.3) is 10.2 Å². The Bertz CT molecular complexity index is 1050. The van der Waals surface area contributed by atoms with Gasteiger partial charge in [0.25, 0.3) is 5.56 Å². The zero-order chi connectivity index (χ0) is 20.4. The summed E-state index contributed by atoms with van der Waals surface area (Å²) in [4.78, 5) is 22.7. The standard InChI is InChI=1S/C23H29N3O2S/c1-16-9-11-17(12-10-16)28-14-6-13-26-20(15-25(2)3)24-22-21(23(26)27)18-7-4-5-8-19(18)29-22/h9-12H,4-8,13-15H2,1-3H3. The third-order valence-electron chi connectivity index (χ3n) is 5.43. The lowest BCUT2D eigenvalue weighted by Gasteiger charge is -2.16. The van der Waals surface area contributed by atoms with Gasteiger partial charge in [-0.2, -0.15) is 0 Å². The zero-order valence-corrected chi connectivity index (χ0v) is 18.3. The minimum atomic E-state index is 0.126. The van der Waals surface area contributed by atoms with Crippen LogP contribution in [0.15, 0.2) is 29.1 Å². The fraction of sp³-hybridized carbons (Fsp3) is 0.478. The fourth-order valence-electron chi connectivity index (χ4n) is 3.96. The quantitative estimate of drug-likeness (QED) is 0.547. The number of benzene rings is 1. The van der Waals surface area contributed by atoms with Crippen LogP contribution < -0.4 is 10.3 Å². The predicted molar refractivity (Wildman–Crippen MR) is 119 cm³/mol. The first-order valence-electron chi connectivity index (χ1n) is 10.4. The summed E-state index contributed by atoms with van der Waals surface area (Å²) in [6, 6.07) is 8.08. The number of ether oxygens (including phenoxy) is 1. The van der Waals surface area contributed by atoms with Gasteiger partial charge in [-0.3, -0.25) is 9.36 Å². The highest BCUT2D eigenvalue weighted by Crippen LogP contribution is 2.33. The minimum absolute atomic E-state index is 0.126. The monoisotopic (exact) mass is 411 g/mol. The van der Waals surface area contributed by atoms with Crippen molar-refractivity contribution < 1.29 is 4.74 Å². The second-order valence-corrected chi connectivity index (χ2v) is 9.21. The highest BCUT2D eigenvalue weighted by molar-refractivity contribution is 7.18. The van der Waals surface area contributed by atoms with Crippen LogP contribution in [0, 0.1) is 6.92 Å². The van der Waals surface area contributed by atoms with Crippen LogP contribution in [0.3, 0.4) is 0 Å². The van der Waals surface area contributed by atoms with Crippen LogP contribution >= 0.6 is 11.3 Å². The predicted octanol–water partition coefficient (Wildman–Crippen LogP) is 4.18. The van der Waals surface area contributed by atoms with Gasteiger partial charge in [0.15, 0.2) is 0 Å². The smallest absolute Gasteiger partial charge is 0.262 e. The Labute approximate surface area is 176 Å². The molecule has 0 saturated heterocycles. The van der Waals surface area contributed by atoms with Crippen molar-refractivity contribution in [2.24, 2.45) is 0 Å². The average molecular weight is 412 g/mol. The van der Waals surface area contributed by atoms with Gasteiger partial charge in [0.2, 0.25) is 0 Å². The van der Waals surface area contributed by atoms with Gasteiger partial charge in [-0.05, 0) is 70.8 Å². The summed E-state index contributed by atoms with van der Waals surface area (Å²) in [6.07, 6.45) is 5.25. The molecule has 0 atom stereocenters. The van der Waals surface area contributed by atoms with E-state index in [-0.39, 0.29) is 5.56 Å². The van der Waals surface area contributed by atoms with Gasteiger partial charge >= 0.3 is 0 Å². The first-order valence-corrected chi connectivity index (χ1v) is 11.2. The molecule has 0 saturated carbocycles. The van der Waals surface area contributed by atoms with E-state index in [0.717, 1.165) is 41.1 Å². The Hall–Kier alpha value is -2.18. The molecule has 1 aliphatic rings. The molecule has 5 nitrogen and oxygen atoms in total. The molecular formula is C23H29N3O2S. The molecule has 0 bridgehead atoms. The van der Waals surface area contributed by atoms with Gasteiger partial charge in [0.1, 0.15) is 16.4 Å². The SMILES string of the molecule is Cc1ccc(OCCCn2c(CN(C)C)nc3sc4c(c3c2=O)CCCC4)cc1. The lowest BCUT2D eigenvalue weighted by Crippen LogP contribution is -2.29. The summed E-state index contributed by atoms with van der Waals surface area (Å²) in [7, 11) is 4.03. The van der Waals surface area contributed by atoms with E-state index in [1.165, 1.54) is 28.8 Å². The van der Waals surface area contributed by atoms with E-state index in [2.05, 4.69) is 11.8 Å². The van der Waals surface area contributed by atoms with E-state index in [1.54, 1.807) is 11.3 Å². The van der Waals surface area contributed by atoms with Crippen molar-refractivity contribution >= 4 is 21.6 Å². The maximum atomic E-state index is 13.4. The summed E-state index contributed by atoms with van der Waals surface area (Å²) in [5, 5.41) is 0.867. The Balaban J connectivity index is 1.58. The van der Waals surface area contributed by atoms with Gasteiger partial charge in [-0.1, -0.05) is 17.7 Å². The number of hydrogen-bond donors (Lipinski definition) is 0. The molecule has 4 rings (SSSR count). The third-order valence-corrected chi connectivity index (χ3v) is 6.61. The summed E-state index contributed by atoms with van der Waals surface area (Å²) < 4.78 is 7.74. The Morgan fingerprint density at radius 3 is 2.69 bits per heavy atom. The Morgan fingerprint density at radius 2 is 1.93 bits per heavy atom. The number of rotatable bonds is 7. The van der Waals surface area contributed by atoms with Crippen molar-refractivity contribution in [3.05, 3.63) is 56.4 Å². The van der Waals surface area contributed by atoms with Gasteiger partial charge in [0.05, 0.1) is 18.5 Å². The topological polar surface area (TPSA) is 47.4 Å². The fourth-order valence-corrected chi connectivity index (χ4v) is 5.23. The van der Waals surface area contributed by atoms with Crippen molar-refractivity contribution in [1.82, 2.24) is 14.5 Å². The first kappa shape index (κ1) is 20.1. The maximum Gasteiger partial charge on any atom is 0.262 e. The molecular weight excluding hydrogens is 382 g/mol. The van der Waals surface area contributed by atoms with E-state index < -0.39 is 0 Å². The van der Waals surface area contributed by atoms with Crippen LogP contribution in [0.1, 0.15) is 41.1 Å². The molecule has 154 valence electrons. The number of fused-ring (bicyclic) bond motifs is 3. The summed E-state index contributed by atoms with van der Waals surface area (Å²) >= 11 is 1.72. The zero-order valence-electron chi connectivity index (χ0n) is 17.5. The number of aromatic nitrogens is 2. The molecule has 2 heterocycles. The number of aryl methyl sites for hydroxylation is 3. The summed E-state index contributed by atoms with van der Waals surface area (Å²) in [6.45, 7) is 3.93. The molecule has 29 heavy (non-hydrogen) atoms. The molecule has 1 aliphatic carbocycles. The molecule has 0 radical (unpaired) electrons. The van der Waals surface area contributed by atoms with Crippen LogP contribution in [0.4, 0.5) is 0 Å². The first-order chi connectivity index (χ1) is 14.0. The van der Waals surface area contributed by atoms with E-state index >= 15 is 0 Å². The van der Waals surface area contributed by atoms with Crippen molar-refractivity contribution in [3.63, 3.8) is 0 Å². The molecule has 0 N–H and O–H groups in total. The van der Waals surface area contributed by atoms with E-state index in [4.69, 9.17) is 9.72 Å². The van der Waals surface area contributed by atoms with E-state index in [1.807, 2.05) is 42.9 Å². The van der Waals surface area contributed by atoms with Crippen LogP contribution in [0.5, 0.6) is 5.75 Å². The highest BCUT2D eigenvalue weighted by atomic mass is 32.1. The van der Waals surface area contributed by atoms with Crippen molar-refractivity contribution in [2.75, 3.05) is 20.7 Å². The number of hydrogen-bond acceptors (Lipinski definition) is 5. The average Bonchev–Trinajstić information content (AvgIpc) is 3.06. The maximum absolute atomic E-state index is 13.4. The second kappa shape index (κ2) is 8.67. The molecule has 0 aliphatic heterocycles. The molecule has 0 amide bonds. The molecule has 0 spiro atoms. The van der Waals surface area contributed by atoms with Crippen LogP contribution in [-0.2, 0) is 25.9 Å². The molecule has 0 unspecified atom stereocenters. The van der Waals surface area contributed by atoms with Crippen molar-refractivity contribution in [2.45, 2.75) is 52.1 Å². The Morgan fingerprint density at radius 1 is 1.17 bits per heavy atom. The second-order valence-electron chi connectivity index (χ2n) is 8.13. The number of nitrogens with zero attached hydrogens (tertiary/aromatic N) is 3. The van der Waals surface area contributed by atoms with Crippen molar-refractivity contribution in [1.29, 1.82) is 0 Å². The minimum Gasteiger partial charge on any atom is -0.494 e. The van der Waals surface area contributed by atoms with E-state index in [9.17, 15) is 4.79 Å². The largest absolute Gasteiger partial charge is 0.494 e. The van der Waals surface area contributed by atoms with E-state index in [0.29, 0.717) is 19.7 Å². The van der Waals surface area contributed by atoms with Gasteiger partial charge in [0, 0.05) is 11.4 Å². The number of thiophene rings is 1. The molecule has 1 aromatic carbocycles. The Kier molecular flexibility index (Phi) is 6.01. The highest BCUT2D eigenvalue weighted by Gasteiger charge is 2.22.